The average Bonchev–Trinajstić information content (AvgIpc) is 3.17. The smallest absolute Gasteiger partial charge is 0.315 e. The van der Waals surface area contributed by atoms with Gasteiger partial charge in [0.05, 0.1) is 5.92 Å². The number of carbonyl (C=O) groups excluding carboxylic acids is 1. The van der Waals surface area contributed by atoms with E-state index in [1.54, 1.807) is 0 Å². The zero-order valence-electron chi connectivity index (χ0n) is 11.6. The molecular weight excluding hydrogens is 244 g/mol. The maximum atomic E-state index is 11.8. The fraction of sp³-hybridized carbons (Fsp3) is 0.857. The predicted octanol–water partition coefficient (Wildman–Crippen LogP) is 2.12. The molecule has 0 aromatic carbocycles. The van der Waals surface area contributed by atoms with Crippen molar-refractivity contribution in [3.63, 3.8) is 0 Å². The quantitative estimate of drug-likeness (QED) is 0.714. The van der Waals surface area contributed by atoms with Gasteiger partial charge in [0.2, 0.25) is 0 Å². The molecule has 3 N–H and O–H groups in total. The van der Waals surface area contributed by atoms with E-state index in [1.807, 2.05) is 0 Å². The Morgan fingerprint density at radius 2 is 2.05 bits per heavy atom. The second-order valence-electron chi connectivity index (χ2n) is 6.08. The van der Waals surface area contributed by atoms with Gasteiger partial charge in [-0.05, 0) is 43.9 Å². The summed E-state index contributed by atoms with van der Waals surface area (Å²) >= 11 is 0. The molecule has 19 heavy (non-hydrogen) atoms. The molecule has 0 aliphatic heterocycles. The van der Waals surface area contributed by atoms with Crippen LogP contribution in [0.15, 0.2) is 0 Å². The normalized spacial score (nSPS) is 28.5. The fourth-order valence-corrected chi connectivity index (χ4v) is 2.88. The number of nitrogens with one attached hydrogen (secondary N) is 2. The standard InChI is InChI=1S/C14H24N2O3/c1-2-14(6-7-14)9-15-13(19)16-11-5-3-4-10(8-11)12(17)18/h10-11H,2-9H2,1H3,(H,17,18)(H2,15,16,19). The van der Waals surface area contributed by atoms with Gasteiger partial charge in [-0.2, -0.15) is 0 Å². The van der Waals surface area contributed by atoms with Gasteiger partial charge >= 0.3 is 12.0 Å². The second kappa shape index (κ2) is 5.80. The Bertz CT molecular complexity index is 353. The van der Waals surface area contributed by atoms with E-state index < -0.39 is 5.97 Å². The minimum Gasteiger partial charge on any atom is -0.481 e. The Morgan fingerprint density at radius 1 is 1.32 bits per heavy atom. The van der Waals surface area contributed by atoms with Crippen molar-refractivity contribution in [3.8, 4) is 0 Å². The molecule has 108 valence electrons. The maximum absolute atomic E-state index is 11.8. The van der Waals surface area contributed by atoms with Crippen LogP contribution in [0.2, 0.25) is 0 Å². The van der Waals surface area contributed by atoms with Crippen LogP contribution in [-0.4, -0.2) is 29.7 Å². The fourth-order valence-electron chi connectivity index (χ4n) is 2.88. The molecule has 0 aromatic rings. The van der Waals surface area contributed by atoms with Gasteiger partial charge in [-0.3, -0.25) is 4.79 Å². The molecule has 0 spiro atoms. The number of hydrogen-bond donors (Lipinski definition) is 3. The summed E-state index contributed by atoms with van der Waals surface area (Å²) in [5.74, 6) is -1.04. The van der Waals surface area contributed by atoms with Crippen LogP contribution in [0.5, 0.6) is 0 Å². The number of carboxylic acid groups (broad SMARTS) is 1. The Morgan fingerprint density at radius 3 is 2.63 bits per heavy atom. The summed E-state index contributed by atoms with van der Waals surface area (Å²) in [5.41, 5.74) is 0.341. The van der Waals surface area contributed by atoms with E-state index >= 15 is 0 Å². The Hall–Kier alpha value is -1.26. The molecule has 0 radical (unpaired) electrons. The zero-order valence-corrected chi connectivity index (χ0v) is 11.6. The molecule has 2 atom stereocenters. The lowest BCUT2D eigenvalue weighted by Crippen LogP contribution is -2.46. The highest BCUT2D eigenvalue weighted by molar-refractivity contribution is 5.74. The lowest BCUT2D eigenvalue weighted by molar-refractivity contribution is -0.143. The van der Waals surface area contributed by atoms with E-state index in [9.17, 15) is 9.59 Å². The average molecular weight is 268 g/mol. The molecule has 0 heterocycles. The van der Waals surface area contributed by atoms with E-state index in [0.717, 1.165) is 32.2 Å². The van der Waals surface area contributed by atoms with Crippen molar-refractivity contribution in [2.75, 3.05) is 6.54 Å². The molecule has 2 saturated carbocycles. The molecular formula is C14H24N2O3. The number of amides is 2. The van der Waals surface area contributed by atoms with E-state index in [-0.39, 0.29) is 18.0 Å². The van der Waals surface area contributed by atoms with Gasteiger partial charge in [-0.1, -0.05) is 13.3 Å². The first kappa shape index (κ1) is 14.2. The molecule has 0 aromatic heterocycles. The summed E-state index contributed by atoms with van der Waals surface area (Å²) in [6.07, 6.45) is 6.56. The Labute approximate surface area is 114 Å². The SMILES string of the molecule is CCC1(CNC(=O)NC2CCCC(C(=O)O)C2)CC1. The largest absolute Gasteiger partial charge is 0.481 e. The van der Waals surface area contributed by atoms with Crippen molar-refractivity contribution in [2.45, 2.75) is 57.9 Å². The molecule has 2 fully saturated rings. The molecule has 0 saturated heterocycles. The third-order valence-electron chi connectivity index (χ3n) is 4.69. The molecule has 2 amide bonds. The number of carbonyl (C=O) groups is 2. The third-order valence-corrected chi connectivity index (χ3v) is 4.69. The summed E-state index contributed by atoms with van der Waals surface area (Å²) in [4.78, 5) is 22.8. The highest BCUT2D eigenvalue weighted by atomic mass is 16.4. The number of carboxylic acids is 1. The molecule has 2 rings (SSSR count). The monoisotopic (exact) mass is 268 g/mol. The third kappa shape index (κ3) is 3.85. The highest BCUT2D eigenvalue weighted by Crippen LogP contribution is 2.47. The highest BCUT2D eigenvalue weighted by Gasteiger charge is 2.40. The predicted molar refractivity (Wildman–Crippen MR) is 71.9 cm³/mol. The second-order valence-corrected chi connectivity index (χ2v) is 6.08. The first-order valence-electron chi connectivity index (χ1n) is 7.32. The first-order chi connectivity index (χ1) is 9.04. The van der Waals surface area contributed by atoms with Crippen molar-refractivity contribution < 1.29 is 14.7 Å². The molecule has 5 heteroatoms. The minimum absolute atomic E-state index is 0.00614. The van der Waals surface area contributed by atoms with Crippen LogP contribution in [0.4, 0.5) is 4.79 Å². The van der Waals surface area contributed by atoms with E-state index in [1.165, 1.54) is 12.8 Å². The Kier molecular flexibility index (Phi) is 4.32. The van der Waals surface area contributed by atoms with Crippen LogP contribution >= 0.6 is 0 Å². The summed E-state index contributed by atoms with van der Waals surface area (Å²) in [7, 11) is 0. The van der Waals surface area contributed by atoms with Crippen molar-refractivity contribution >= 4 is 12.0 Å². The number of aliphatic carboxylic acids is 1. The van der Waals surface area contributed by atoms with Crippen LogP contribution in [-0.2, 0) is 4.79 Å². The van der Waals surface area contributed by atoms with Crippen LogP contribution in [0.1, 0.15) is 51.9 Å². The lowest BCUT2D eigenvalue weighted by atomic mass is 9.86. The van der Waals surface area contributed by atoms with Gasteiger partial charge in [-0.15, -0.1) is 0 Å². The molecule has 2 aliphatic rings. The zero-order chi connectivity index (χ0) is 13.9. The van der Waals surface area contributed by atoms with Crippen molar-refractivity contribution in [3.05, 3.63) is 0 Å². The summed E-state index contributed by atoms with van der Waals surface area (Å²) < 4.78 is 0. The van der Waals surface area contributed by atoms with Crippen molar-refractivity contribution in [1.29, 1.82) is 0 Å². The topological polar surface area (TPSA) is 78.4 Å². The van der Waals surface area contributed by atoms with Gasteiger partial charge in [0.25, 0.3) is 0 Å². The summed E-state index contributed by atoms with van der Waals surface area (Å²) in [6, 6.07) is -0.137. The van der Waals surface area contributed by atoms with Crippen LogP contribution in [0.3, 0.4) is 0 Å². The van der Waals surface area contributed by atoms with Crippen LogP contribution < -0.4 is 10.6 Å². The first-order valence-corrected chi connectivity index (χ1v) is 7.32. The summed E-state index contributed by atoms with van der Waals surface area (Å²) in [6.45, 7) is 2.90. The van der Waals surface area contributed by atoms with Gasteiger partial charge in [-0.25, -0.2) is 4.79 Å². The van der Waals surface area contributed by atoms with Gasteiger partial charge in [0.15, 0.2) is 0 Å². The Balaban J connectivity index is 1.71. The molecule has 2 aliphatic carbocycles. The van der Waals surface area contributed by atoms with Gasteiger partial charge in [0.1, 0.15) is 0 Å². The lowest BCUT2D eigenvalue weighted by Gasteiger charge is -2.27. The molecule has 5 nitrogen and oxygen atoms in total. The number of urea groups is 1. The van der Waals surface area contributed by atoms with Crippen molar-refractivity contribution in [2.24, 2.45) is 11.3 Å². The molecule has 0 bridgehead atoms. The van der Waals surface area contributed by atoms with E-state index in [4.69, 9.17) is 5.11 Å². The van der Waals surface area contributed by atoms with E-state index in [2.05, 4.69) is 17.6 Å². The van der Waals surface area contributed by atoms with Crippen LogP contribution in [0, 0.1) is 11.3 Å². The molecule has 2 unspecified atom stereocenters. The number of rotatable bonds is 5. The van der Waals surface area contributed by atoms with Gasteiger partial charge < -0.3 is 15.7 Å². The summed E-state index contributed by atoms with van der Waals surface area (Å²) in [5, 5.41) is 14.9. The van der Waals surface area contributed by atoms with Gasteiger partial charge in [0, 0.05) is 12.6 Å². The minimum atomic E-state index is -0.741. The van der Waals surface area contributed by atoms with E-state index in [0.29, 0.717) is 11.8 Å². The van der Waals surface area contributed by atoms with Crippen LogP contribution in [0.25, 0.3) is 0 Å². The van der Waals surface area contributed by atoms with Crippen molar-refractivity contribution in [1.82, 2.24) is 10.6 Å². The maximum Gasteiger partial charge on any atom is 0.315 e. The number of hydrogen-bond acceptors (Lipinski definition) is 2.